The highest BCUT2D eigenvalue weighted by Crippen LogP contribution is 2.36. The number of hydrogen-bond acceptors (Lipinski definition) is 6. The Balaban J connectivity index is 2.21. The lowest BCUT2D eigenvalue weighted by Gasteiger charge is -2.14. The molecule has 0 saturated heterocycles. The van der Waals surface area contributed by atoms with Crippen LogP contribution in [0.2, 0.25) is 0 Å². The van der Waals surface area contributed by atoms with E-state index in [1.54, 1.807) is 18.2 Å². The van der Waals surface area contributed by atoms with Crippen molar-refractivity contribution in [3.63, 3.8) is 0 Å². The van der Waals surface area contributed by atoms with Gasteiger partial charge in [0.25, 0.3) is 0 Å². The van der Waals surface area contributed by atoms with Crippen LogP contribution in [0.4, 0.5) is 0 Å². The molecule has 27 heavy (non-hydrogen) atoms. The molecule has 5 nitrogen and oxygen atoms in total. The van der Waals surface area contributed by atoms with Gasteiger partial charge in [0.15, 0.2) is 11.6 Å². The van der Waals surface area contributed by atoms with Crippen LogP contribution in [-0.2, 0) is 9.59 Å². The number of rotatable bonds is 6. The number of thioether (sulfide) groups is 1. The summed E-state index contributed by atoms with van der Waals surface area (Å²) >= 11 is 1.00. The van der Waals surface area contributed by atoms with Crippen LogP contribution in [0.15, 0.2) is 64.2 Å². The molecular formula is C21H16N2O3S. The molecule has 134 valence electrons. The van der Waals surface area contributed by atoms with Gasteiger partial charge in [-0.15, -0.1) is 0 Å². The topological polar surface area (TPSA) is 84.0 Å². The number of pyridine rings is 1. The smallest absolute Gasteiger partial charge is 0.150 e. The van der Waals surface area contributed by atoms with E-state index in [-0.39, 0.29) is 17.1 Å². The summed E-state index contributed by atoms with van der Waals surface area (Å²) in [5, 5.41) is 9.17. The summed E-state index contributed by atoms with van der Waals surface area (Å²) in [6.45, 7) is 2.72. The van der Waals surface area contributed by atoms with Crippen LogP contribution in [-0.4, -0.2) is 21.8 Å². The molecule has 0 fully saturated rings. The number of ketones is 2. The molecule has 0 aliphatic heterocycles. The Labute approximate surface area is 161 Å². The first-order valence-corrected chi connectivity index (χ1v) is 9.11. The highest BCUT2D eigenvalue weighted by Gasteiger charge is 2.25. The standard InChI is InChI=1S/C21H16N2O3S/c1-13(24)20(14(2)25)27-21-17(12-22)16(19-9-6-10-26-19)11-18(23-21)15-7-4-3-5-8-15/h3-11,20H,1-2H3. The molecule has 0 spiro atoms. The highest BCUT2D eigenvalue weighted by molar-refractivity contribution is 8.01. The van der Waals surface area contributed by atoms with E-state index in [0.29, 0.717) is 22.0 Å². The number of hydrogen-bond donors (Lipinski definition) is 0. The lowest BCUT2D eigenvalue weighted by Crippen LogP contribution is -2.22. The molecule has 0 radical (unpaired) electrons. The average molecular weight is 376 g/mol. The molecule has 0 bridgehead atoms. The highest BCUT2D eigenvalue weighted by atomic mass is 32.2. The van der Waals surface area contributed by atoms with Crippen LogP contribution in [0.25, 0.3) is 22.6 Å². The predicted octanol–water partition coefficient (Wildman–Crippen LogP) is 4.52. The molecular weight excluding hydrogens is 360 g/mol. The predicted molar refractivity (Wildman–Crippen MR) is 103 cm³/mol. The van der Waals surface area contributed by atoms with Crippen molar-refractivity contribution < 1.29 is 14.0 Å². The van der Waals surface area contributed by atoms with Crippen molar-refractivity contribution in [2.75, 3.05) is 0 Å². The van der Waals surface area contributed by atoms with E-state index in [9.17, 15) is 14.9 Å². The molecule has 3 aromatic rings. The number of Topliss-reactive ketones (excluding diaryl/α,β-unsaturated/α-hetero) is 2. The Hall–Kier alpha value is -3.17. The van der Waals surface area contributed by atoms with Gasteiger partial charge in [-0.2, -0.15) is 5.26 Å². The second kappa shape index (κ2) is 8.02. The Kier molecular flexibility index (Phi) is 5.53. The van der Waals surface area contributed by atoms with Gasteiger partial charge in [-0.05, 0) is 32.0 Å². The number of nitrogens with zero attached hydrogens (tertiary/aromatic N) is 2. The van der Waals surface area contributed by atoms with E-state index >= 15 is 0 Å². The maximum absolute atomic E-state index is 11.9. The maximum Gasteiger partial charge on any atom is 0.150 e. The second-order valence-electron chi connectivity index (χ2n) is 5.91. The SMILES string of the molecule is CC(=O)C(Sc1nc(-c2ccccc2)cc(-c2ccco2)c1C#N)C(C)=O. The third kappa shape index (κ3) is 3.99. The zero-order valence-electron chi connectivity index (χ0n) is 14.8. The summed E-state index contributed by atoms with van der Waals surface area (Å²) in [5.41, 5.74) is 2.35. The minimum Gasteiger partial charge on any atom is -0.464 e. The number of aromatic nitrogens is 1. The minimum atomic E-state index is -0.903. The van der Waals surface area contributed by atoms with Crippen molar-refractivity contribution in [1.82, 2.24) is 4.98 Å². The number of carbonyl (C=O) groups excluding carboxylic acids is 2. The first-order valence-electron chi connectivity index (χ1n) is 8.23. The fourth-order valence-electron chi connectivity index (χ4n) is 2.66. The van der Waals surface area contributed by atoms with Gasteiger partial charge in [-0.3, -0.25) is 9.59 Å². The van der Waals surface area contributed by atoms with E-state index in [2.05, 4.69) is 11.1 Å². The van der Waals surface area contributed by atoms with Crippen LogP contribution in [0, 0.1) is 11.3 Å². The molecule has 2 aromatic heterocycles. The Morgan fingerprint density at radius 2 is 1.81 bits per heavy atom. The van der Waals surface area contributed by atoms with Crippen molar-refractivity contribution in [1.29, 1.82) is 5.26 Å². The monoisotopic (exact) mass is 376 g/mol. The summed E-state index contributed by atoms with van der Waals surface area (Å²) in [6, 6.07) is 16.9. The molecule has 6 heteroatoms. The van der Waals surface area contributed by atoms with E-state index in [4.69, 9.17) is 4.42 Å². The number of benzene rings is 1. The fourth-order valence-corrected chi connectivity index (χ4v) is 3.64. The third-order valence-corrected chi connectivity index (χ3v) is 5.34. The lowest BCUT2D eigenvalue weighted by atomic mass is 10.0. The molecule has 0 amide bonds. The van der Waals surface area contributed by atoms with Gasteiger partial charge >= 0.3 is 0 Å². The molecule has 0 atom stereocenters. The van der Waals surface area contributed by atoms with Gasteiger partial charge < -0.3 is 4.42 Å². The number of furan rings is 1. The summed E-state index contributed by atoms with van der Waals surface area (Å²) < 4.78 is 5.49. The summed E-state index contributed by atoms with van der Waals surface area (Å²) in [7, 11) is 0. The number of nitriles is 1. The Morgan fingerprint density at radius 3 is 2.37 bits per heavy atom. The van der Waals surface area contributed by atoms with E-state index in [1.165, 1.54) is 20.1 Å². The van der Waals surface area contributed by atoms with Crippen molar-refractivity contribution in [3.05, 3.63) is 60.4 Å². The fraction of sp³-hybridized carbons (Fsp3) is 0.143. The average Bonchev–Trinajstić information content (AvgIpc) is 3.20. The molecule has 0 saturated carbocycles. The molecule has 3 rings (SSSR count). The summed E-state index contributed by atoms with van der Waals surface area (Å²) in [6.07, 6.45) is 1.53. The van der Waals surface area contributed by atoms with E-state index < -0.39 is 5.25 Å². The minimum absolute atomic E-state index is 0.275. The molecule has 1 aromatic carbocycles. The van der Waals surface area contributed by atoms with Crippen LogP contribution < -0.4 is 0 Å². The van der Waals surface area contributed by atoms with Crippen molar-refractivity contribution in [2.24, 2.45) is 0 Å². The molecule has 0 unspecified atom stereocenters. The Morgan fingerprint density at radius 1 is 1.11 bits per heavy atom. The maximum atomic E-state index is 11.9. The molecule has 0 aliphatic rings. The van der Waals surface area contributed by atoms with Gasteiger partial charge in [-0.1, -0.05) is 42.1 Å². The van der Waals surface area contributed by atoms with Crippen LogP contribution in [0.1, 0.15) is 19.4 Å². The van der Waals surface area contributed by atoms with Crippen LogP contribution in [0.3, 0.4) is 0 Å². The second-order valence-corrected chi connectivity index (χ2v) is 7.00. The zero-order chi connectivity index (χ0) is 19.4. The summed E-state index contributed by atoms with van der Waals surface area (Å²) in [5.74, 6) is -0.0270. The molecule has 0 N–H and O–H groups in total. The summed E-state index contributed by atoms with van der Waals surface area (Å²) in [4.78, 5) is 28.4. The van der Waals surface area contributed by atoms with Crippen molar-refractivity contribution in [2.45, 2.75) is 24.1 Å². The third-order valence-electron chi connectivity index (χ3n) is 3.92. The van der Waals surface area contributed by atoms with E-state index in [1.807, 2.05) is 30.3 Å². The van der Waals surface area contributed by atoms with Gasteiger partial charge in [0.1, 0.15) is 22.1 Å². The van der Waals surface area contributed by atoms with Crippen molar-refractivity contribution in [3.8, 4) is 28.7 Å². The zero-order valence-corrected chi connectivity index (χ0v) is 15.6. The lowest BCUT2D eigenvalue weighted by molar-refractivity contribution is -0.123. The molecule has 2 heterocycles. The first-order chi connectivity index (χ1) is 13.0. The number of carbonyl (C=O) groups is 2. The van der Waals surface area contributed by atoms with Gasteiger partial charge in [0, 0.05) is 11.1 Å². The first kappa shape index (κ1) is 18.6. The van der Waals surface area contributed by atoms with Crippen LogP contribution in [0.5, 0.6) is 0 Å². The van der Waals surface area contributed by atoms with Gasteiger partial charge in [-0.25, -0.2) is 4.98 Å². The van der Waals surface area contributed by atoms with Crippen molar-refractivity contribution >= 4 is 23.3 Å². The van der Waals surface area contributed by atoms with Gasteiger partial charge in [0.05, 0.1) is 17.5 Å². The largest absolute Gasteiger partial charge is 0.464 e. The van der Waals surface area contributed by atoms with Gasteiger partial charge in [0.2, 0.25) is 0 Å². The van der Waals surface area contributed by atoms with E-state index in [0.717, 1.165) is 17.3 Å². The Bertz CT molecular complexity index is 1010. The quantitative estimate of drug-likeness (QED) is 0.464. The normalized spacial score (nSPS) is 10.6. The molecule has 0 aliphatic carbocycles. The van der Waals surface area contributed by atoms with Crippen LogP contribution >= 0.6 is 11.8 Å².